The molecule has 0 spiro atoms. The number of hydrogen-bond acceptors (Lipinski definition) is 4. The van der Waals surface area contributed by atoms with E-state index in [0.29, 0.717) is 23.9 Å². The molecule has 6 heteroatoms. The largest absolute Gasteiger partial charge is 0.495 e. The van der Waals surface area contributed by atoms with Crippen molar-refractivity contribution in [3.8, 4) is 5.75 Å². The molecule has 0 heterocycles. The quantitative estimate of drug-likeness (QED) is 0.821. The molecule has 0 bridgehead atoms. The summed E-state index contributed by atoms with van der Waals surface area (Å²) in [4.78, 5) is 0.112. The fourth-order valence-electron chi connectivity index (χ4n) is 2.01. The van der Waals surface area contributed by atoms with E-state index in [0.717, 1.165) is 6.42 Å². The first-order valence-electron chi connectivity index (χ1n) is 6.25. The zero-order valence-corrected chi connectivity index (χ0v) is 11.9. The predicted molar refractivity (Wildman–Crippen MR) is 71.4 cm³/mol. The number of hydrogen-bond donors (Lipinski definition) is 2. The summed E-state index contributed by atoms with van der Waals surface area (Å²) in [6, 6.07) is 4.58. The van der Waals surface area contributed by atoms with Crippen LogP contribution in [0.5, 0.6) is 5.75 Å². The molecular formula is C13H19NO4S. The van der Waals surface area contributed by atoms with Crippen molar-refractivity contribution in [2.75, 3.05) is 13.7 Å². The molecule has 2 rings (SSSR count). The molecule has 0 saturated heterocycles. The summed E-state index contributed by atoms with van der Waals surface area (Å²) in [6.45, 7) is 2.42. The zero-order chi connectivity index (χ0) is 14.0. The lowest BCUT2D eigenvalue weighted by Crippen LogP contribution is -2.26. The standard InChI is InChI=1S/C13H19NO4S/c1-9-5-11(9)7-14-19(16,17)13-4-3-10(8-15)6-12(13)18-2/h3-4,6,9,11,14-15H,5,7-8H2,1-2H3. The number of nitrogens with one attached hydrogen (secondary N) is 1. The summed E-state index contributed by atoms with van der Waals surface area (Å²) >= 11 is 0. The van der Waals surface area contributed by atoms with Crippen LogP contribution in [-0.2, 0) is 16.6 Å². The monoisotopic (exact) mass is 285 g/mol. The van der Waals surface area contributed by atoms with Gasteiger partial charge in [0.05, 0.1) is 13.7 Å². The molecule has 1 aliphatic rings. The average Bonchev–Trinajstić information content (AvgIpc) is 3.11. The van der Waals surface area contributed by atoms with Gasteiger partial charge in [-0.2, -0.15) is 0 Å². The third-order valence-corrected chi connectivity index (χ3v) is 4.97. The van der Waals surface area contributed by atoms with E-state index >= 15 is 0 Å². The van der Waals surface area contributed by atoms with Crippen LogP contribution in [0.3, 0.4) is 0 Å². The highest BCUT2D eigenvalue weighted by atomic mass is 32.2. The first-order valence-corrected chi connectivity index (χ1v) is 7.73. The topological polar surface area (TPSA) is 75.6 Å². The van der Waals surface area contributed by atoms with Crippen molar-refractivity contribution in [3.05, 3.63) is 23.8 Å². The van der Waals surface area contributed by atoms with Gasteiger partial charge in [0.15, 0.2) is 0 Å². The normalized spacial score (nSPS) is 22.3. The van der Waals surface area contributed by atoms with Crippen molar-refractivity contribution >= 4 is 10.0 Å². The Morgan fingerprint density at radius 3 is 2.68 bits per heavy atom. The van der Waals surface area contributed by atoms with E-state index in [4.69, 9.17) is 9.84 Å². The minimum absolute atomic E-state index is 0.112. The Balaban J connectivity index is 2.18. The van der Waals surface area contributed by atoms with Crippen molar-refractivity contribution < 1.29 is 18.3 Å². The summed E-state index contributed by atoms with van der Waals surface area (Å²) in [6.07, 6.45) is 1.07. The van der Waals surface area contributed by atoms with Crippen LogP contribution < -0.4 is 9.46 Å². The molecule has 2 unspecified atom stereocenters. The second-order valence-electron chi connectivity index (χ2n) is 4.97. The van der Waals surface area contributed by atoms with Gasteiger partial charge in [-0.25, -0.2) is 13.1 Å². The molecule has 0 radical (unpaired) electrons. The van der Waals surface area contributed by atoms with E-state index in [9.17, 15) is 8.42 Å². The fraction of sp³-hybridized carbons (Fsp3) is 0.538. The lowest BCUT2D eigenvalue weighted by molar-refractivity contribution is 0.280. The Bertz CT molecular complexity index is 556. The van der Waals surface area contributed by atoms with Gasteiger partial charge in [0.25, 0.3) is 0 Å². The molecule has 0 aromatic heterocycles. The SMILES string of the molecule is COc1cc(CO)ccc1S(=O)(=O)NCC1CC1C. The summed E-state index contributed by atoms with van der Waals surface area (Å²) < 4.78 is 32.1. The molecule has 5 nitrogen and oxygen atoms in total. The number of aliphatic hydroxyl groups is 1. The molecule has 2 N–H and O–H groups in total. The Morgan fingerprint density at radius 2 is 2.16 bits per heavy atom. The molecule has 1 aromatic rings. The van der Waals surface area contributed by atoms with Crippen molar-refractivity contribution in [1.29, 1.82) is 0 Å². The van der Waals surface area contributed by atoms with Crippen LogP contribution in [0.15, 0.2) is 23.1 Å². The van der Waals surface area contributed by atoms with Gasteiger partial charge >= 0.3 is 0 Å². The van der Waals surface area contributed by atoms with Gasteiger partial charge in [0.1, 0.15) is 10.6 Å². The molecule has 1 fully saturated rings. The average molecular weight is 285 g/mol. The van der Waals surface area contributed by atoms with E-state index in [1.165, 1.54) is 19.2 Å². The van der Waals surface area contributed by atoms with Gasteiger partial charge in [-0.1, -0.05) is 13.0 Å². The lowest BCUT2D eigenvalue weighted by atomic mass is 10.2. The number of aliphatic hydroxyl groups excluding tert-OH is 1. The van der Waals surface area contributed by atoms with Crippen LogP contribution in [0.1, 0.15) is 18.9 Å². The summed E-state index contributed by atoms with van der Waals surface area (Å²) in [5, 5.41) is 9.04. The number of benzene rings is 1. The maximum absolute atomic E-state index is 12.2. The van der Waals surface area contributed by atoms with Crippen LogP contribution >= 0.6 is 0 Å². The minimum atomic E-state index is -3.56. The van der Waals surface area contributed by atoms with E-state index < -0.39 is 10.0 Å². The Labute approximate surface area is 113 Å². The van der Waals surface area contributed by atoms with Gasteiger partial charge < -0.3 is 9.84 Å². The third kappa shape index (κ3) is 3.26. The van der Waals surface area contributed by atoms with Crippen molar-refractivity contribution in [2.24, 2.45) is 11.8 Å². The van der Waals surface area contributed by atoms with Gasteiger partial charge in [0.2, 0.25) is 10.0 Å². The smallest absolute Gasteiger partial charge is 0.244 e. The van der Waals surface area contributed by atoms with Crippen LogP contribution in [-0.4, -0.2) is 27.2 Å². The van der Waals surface area contributed by atoms with Crippen LogP contribution in [0, 0.1) is 11.8 Å². The van der Waals surface area contributed by atoms with Crippen LogP contribution in [0.2, 0.25) is 0 Å². The number of methoxy groups -OCH3 is 1. The highest BCUT2D eigenvalue weighted by molar-refractivity contribution is 7.89. The van der Waals surface area contributed by atoms with Gasteiger partial charge in [-0.05, 0) is 36.0 Å². The molecule has 1 aromatic carbocycles. The van der Waals surface area contributed by atoms with E-state index in [-0.39, 0.29) is 17.3 Å². The highest BCUT2D eigenvalue weighted by Crippen LogP contribution is 2.37. The van der Waals surface area contributed by atoms with E-state index in [1.54, 1.807) is 6.07 Å². The number of rotatable bonds is 6. The molecule has 1 aliphatic carbocycles. The van der Waals surface area contributed by atoms with E-state index in [1.807, 2.05) is 0 Å². The molecule has 2 atom stereocenters. The second kappa shape index (κ2) is 5.48. The van der Waals surface area contributed by atoms with Crippen LogP contribution in [0.25, 0.3) is 0 Å². The van der Waals surface area contributed by atoms with Crippen molar-refractivity contribution in [2.45, 2.75) is 24.8 Å². The van der Waals surface area contributed by atoms with Crippen molar-refractivity contribution in [3.63, 3.8) is 0 Å². The van der Waals surface area contributed by atoms with Gasteiger partial charge in [0, 0.05) is 6.54 Å². The lowest BCUT2D eigenvalue weighted by Gasteiger charge is -2.11. The molecule has 1 saturated carbocycles. The molecule has 19 heavy (non-hydrogen) atoms. The second-order valence-corrected chi connectivity index (χ2v) is 6.70. The Morgan fingerprint density at radius 1 is 1.47 bits per heavy atom. The third-order valence-electron chi connectivity index (χ3n) is 3.51. The maximum atomic E-state index is 12.2. The molecule has 0 aliphatic heterocycles. The molecular weight excluding hydrogens is 266 g/mol. The highest BCUT2D eigenvalue weighted by Gasteiger charge is 2.33. The van der Waals surface area contributed by atoms with E-state index in [2.05, 4.69) is 11.6 Å². The summed E-state index contributed by atoms with van der Waals surface area (Å²) in [5.74, 6) is 1.29. The Kier molecular flexibility index (Phi) is 4.13. The van der Waals surface area contributed by atoms with Crippen LogP contribution in [0.4, 0.5) is 0 Å². The van der Waals surface area contributed by atoms with Crippen molar-refractivity contribution in [1.82, 2.24) is 4.72 Å². The molecule has 106 valence electrons. The summed E-state index contributed by atoms with van der Waals surface area (Å²) in [7, 11) is -2.15. The number of ether oxygens (including phenoxy) is 1. The summed E-state index contributed by atoms with van der Waals surface area (Å²) in [5.41, 5.74) is 0.617. The molecule has 0 amide bonds. The fourth-order valence-corrected chi connectivity index (χ4v) is 3.25. The first kappa shape index (κ1) is 14.3. The number of sulfonamides is 1. The Hall–Kier alpha value is -1.11. The minimum Gasteiger partial charge on any atom is -0.495 e. The first-order chi connectivity index (χ1) is 8.97. The zero-order valence-electron chi connectivity index (χ0n) is 11.1. The van der Waals surface area contributed by atoms with Gasteiger partial charge in [-0.3, -0.25) is 0 Å². The maximum Gasteiger partial charge on any atom is 0.244 e. The van der Waals surface area contributed by atoms with Gasteiger partial charge in [-0.15, -0.1) is 0 Å². The predicted octanol–water partition coefficient (Wildman–Crippen LogP) is 1.12.